The molecule has 0 spiro atoms. The Kier molecular flexibility index (Phi) is 0.984. The van der Waals surface area contributed by atoms with Gasteiger partial charge in [-0.3, -0.25) is 4.79 Å². The average Bonchev–Trinajstić information content (AvgIpc) is 1.89. The number of fused-ring (bicyclic) bond motifs is 2. The van der Waals surface area contributed by atoms with Crippen molar-refractivity contribution in [1.29, 1.82) is 0 Å². The Morgan fingerprint density at radius 2 is 1.91 bits per heavy atom. The molecule has 2 saturated heterocycles. The normalized spacial score (nSPS) is 52.9. The van der Waals surface area contributed by atoms with Crippen LogP contribution in [-0.4, -0.2) is 12.1 Å². The Balaban J connectivity index is 1.94. The van der Waals surface area contributed by atoms with Crippen molar-refractivity contribution in [1.82, 2.24) is 0 Å². The first-order chi connectivity index (χ1) is 5.36. The van der Waals surface area contributed by atoms with E-state index in [2.05, 4.69) is 0 Å². The van der Waals surface area contributed by atoms with E-state index < -0.39 is 0 Å². The van der Waals surface area contributed by atoms with Gasteiger partial charge in [-0.2, -0.15) is 0 Å². The van der Waals surface area contributed by atoms with Crippen molar-refractivity contribution in [3.63, 3.8) is 0 Å². The lowest BCUT2D eigenvalue weighted by Gasteiger charge is -2.53. The fourth-order valence-electron chi connectivity index (χ4n) is 2.96. The van der Waals surface area contributed by atoms with Crippen molar-refractivity contribution in [3.05, 3.63) is 0 Å². The molecule has 0 aromatic carbocycles. The highest BCUT2D eigenvalue weighted by Crippen LogP contribution is 2.53. The van der Waals surface area contributed by atoms with Gasteiger partial charge in [-0.1, -0.05) is 0 Å². The summed E-state index contributed by atoms with van der Waals surface area (Å²) in [6, 6.07) is 0. The van der Waals surface area contributed by atoms with Crippen molar-refractivity contribution in [2.24, 2.45) is 17.8 Å². The van der Waals surface area contributed by atoms with Crippen molar-refractivity contribution < 1.29 is 9.53 Å². The number of ether oxygens (including phenoxy) is 1. The minimum absolute atomic E-state index is 0.0993. The number of carbonyl (C=O) groups is 1. The monoisotopic (exact) mass is 152 g/mol. The molecular formula is C9H12O2. The van der Waals surface area contributed by atoms with Crippen LogP contribution >= 0.6 is 0 Å². The molecule has 2 aliphatic heterocycles. The Hall–Kier alpha value is -0.530. The zero-order valence-corrected chi connectivity index (χ0v) is 6.45. The summed E-state index contributed by atoms with van der Waals surface area (Å²) in [7, 11) is 0. The molecule has 2 heterocycles. The molecule has 2 bridgehead atoms. The van der Waals surface area contributed by atoms with Gasteiger partial charge in [-0.15, -0.1) is 0 Å². The summed E-state index contributed by atoms with van der Waals surface area (Å²) in [5, 5.41) is 0. The van der Waals surface area contributed by atoms with Crippen LogP contribution in [0.3, 0.4) is 0 Å². The van der Waals surface area contributed by atoms with Crippen LogP contribution in [0.1, 0.15) is 25.7 Å². The summed E-state index contributed by atoms with van der Waals surface area (Å²) in [6.07, 6.45) is 5.13. The second-order valence-corrected chi connectivity index (χ2v) is 4.06. The van der Waals surface area contributed by atoms with Gasteiger partial charge >= 0.3 is 5.97 Å². The number of hydrogen-bond acceptors (Lipinski definition) is 2. The summed E-state index contributed by atoms with van der Waals surface area (Å²) in [6.45, 7) is 0. The van der Waals surface area contributed by atoms with E-state index in [1.807, 2.05) is 0 Å². The zero-order valence-electron chi connectivity index (χ0n) is 6.45. The smallest absolute Gasteiger partial charge is 0.309 e. The highest BCUT2D eigenvalue weighted by molar-refractivity contribution is 5.75. The Bertz CT molecular complexity index is 210. The van der Waals surface area contributed by atoms with Crippen LogP contribution < -0.4 is 0 Å². The molecule has 4 rings (SSSR count). The van der Waals surface area contributed by atoms with Crippen LogP contribution in [0.4, 0.5) is 0 Å². The van der Waals surface area contributed by atoms with Gasteiger partial charge < -0.3 is 4.74 Å². The summed E-state index contributed by atoms with van der Waals surface area (Å²) < 4.78 is 5.28. The van der Waals surface area contributed by atoms with Crippen molar-refractivity contribution in [2.45, 2.75) is 31.8 Å². The lowest BCUT2D eigenvalue weighted by Crippen LogP contribution is -2.54. The van der Waals surface area contributed by atoms with Crippen LogP contribution in [0.25, 0.3) is 0 Å². The molecule has 2 saturated carbocycles. The summed E-state index contributed by atoms with van der Waals surface area (Å²) >= 11 is 0. The molecule has 4 unspecified atom stereocenters. The third kappa shape index (κ3) is 0.608. The second-order valence-electron chi connectivity index (χ2n) is 4.06. The highest BCUT2D eigenvalue weighted by atomic mass is 16.5. The van der Waals surface area contributed by atoms with Gasteiger partial charge in [0.05, 0.1) is 5.92 Å². The Morgan fingerprint density at radius 1 is 1.09 bits per heavy atom. The first-order valence-corrected chi connectivity index (χ1v) is 4.57. The van der Waals surface area contributed by atoms with Crippen LogP contribution in [-0.2, 0) is 9.53 Å². The third-order valence-corrected chi connectivity index (χ3v) is 3.71. The fourth-order valence-corrected chi connectivity index (χ4v) is 2.96. The highest BCUT2D eigenvalue weighted by Gasteiger charge is 2.53. The second kappa shape index (κ2) is 1.79. The van der Waals surface area contributed by atoms with E-state index in [9.17, 15) is 4.79 Å². The van der Waals surface area contributed by atoms with E-state index in [1.165, 1.54) is 12.8 Å². The topological polar surface area (TPSA) is 26.3 Å². The molecule has 11 heavy (non-hydrogen) atoms. The van der Waals surface area contributed by atoms with Gasteiger partial charge in [-0.25, -0.2) is 0 Å². The van der Waals surface area contributed by atoms with Gasteiger partial charge in [-0.05, 0) is 37.5 Å². The summed E-state index contributed by atoms with van der Waals surface area (Å²) in [5.74, 6) is 1.86. The molecule has 0 aromatic rings. The predicted molar refractivity (Wildman–Crippen MR) is 38.8 cm³/mol. The van der Waals surface area contributed by atoms with Gasteiger partial charge in [0.25, 0.3) is 0 Å². The SMILES string of the molecule is O=C1OC2CCC1C1CCC21. The number of esters is 1. The number of carbonyl (C=O) groups excluding carboxylic acids is 1. The summed E-state index contributed by atoms with van der Waals surface area (Å²) in [4.78, 5) is 11.2. The molecule has 2 heteroatoms. The quantitative estimate of drug-likeness (QED) is 0.490. The fraction of sp³-hybridized carbons (Fsp3) is 0.889. The van der Waals surface area contributed by atoms with Crippen molar-refractivity contribution in [2.75, 3.05) is 0 Å². The van der Waals surface area contributed by atoms with Crippen molar-refractivity contribution >= 4 is 5.97 Å². The van der Waals surface area contributed by atoms with Crippen LogP contribution in [0, 0.1) is 17.8 Å². The first-order valence-electron chi connectivity index (χ1n) is 4.57. The van der Waals surface area contributed by atoms with Crippen LogP contribution in [0.2, 0.25) is 0 Å². The number of rotatable bonds is 0. The van der Waals surface area contributed by atoms with E-state index in [1.54, 1.807) is 0 Å². The van der Waals surface area contributed by atoms with Gasteiger partial charge in [0.15, 0.2) is 0 Å². The standard InChI is InChI=1S/C9H12O2/c10-9-7-3-4-8(11-9)6-2-1-5(6)7/h5-8H,1-4H2. The first kappa shape index (κ1) is 6.04. The maximum atomic E-state index is 11.2. The third-order valence-electron chi connectivity index (χ3n) is 3.71. The lowest BCUT2D eigenvalue weighted by atomic mass is 9.57. The number of hydrogen-bond donors (Lipinski definition) is 0. The summed E-state index contributed by atoms with van der Waals surface area (Å²) in [5.41, 5.74) is 0. The van der Waals surface area contributed by atoms with Gasteiger partial charge in [0.1, 0.15) is 6.10 Å². The van der Waals surface area contributed by atoms with Crippen LogP contribution in [0.5, 0.6) is 0 Å². The zero-order chi connectivity index (χ0) is 7.42. The molecule has 0 aromatic heterocycles. The van der Waals surface area contributed by atoms with E-state index in [4.69, 9.17) is 4.74 Å². The van der Waals surface area contributed by atoms with Gasteiger partial charge in [0.2, 0.25) is 0 Å². The molecule has 60 valence electrons. The lowest BCUT2D eigenvalue weighted by molar-refractivity contribution is -0.197. The molecule has 4 atom stereocenters. The maximum absolute atomic E-state index is 11.2. The van der Waals surface area contributed by atoms with Crippen LogP contribution in [0.15, 0.2) is 0 Å². The molecule has 2 aliphatic carbocycles. The molecule has 4 aliphatic rings. The Labute approximate surface area is 65.9 Å². The maximum Gasteiger partial charge on any atom is 0.309 e. The largest absolute Gasteiger partial charge is 0.462 e. The molecule has 0 amide bonds. The molecule has 2 nitrogen and oxygen atoms in total. The molecular weight excluding hydrogens is 140 g/mol. The minimum Gasteiger partial charge on any atom is -0.462 e. The van der Waals surface area contributed by atoms with E-state index in [0.717, 1.165) is 24.7 Å². The van der Waals surface area contributed by atoms with Gasteiger partial charge in [0, 0.05) is 0 Å². The van der Waals surface area contributed by atoms with Crippen molar-refractivity contribution in [3.8, 4) is 0 Å². The van der Waals surface area contributed by atoms with E-state index in [0.29, 0.717) is 12.0 Å². The molecule has 0 N–H and O–H groups in total. The molecule has 0 radical (unpaired) electrons. The average molecular weight is 152 g/mol. The Morgan fingerprint density at radius 3 is 2.36 bits per heavy atom. The van der Waals surface area contributed by atoms with E-state index in [-0.39, 0.29) is 5.97 Å². The minimum atomic E-state index is 0.0993. The van der Waals surface area contributed by atoms with E-state index >= 15 is 0 Å². The molecule has 4 fully saturated rings. The predicted octanol–water partition coefficient (Wildman–Crippen LogP) is 1.35.